The highest BCUT2D eigenvalue weighted by Gasteiger charge is 2.14. The van der Waals surface area contributed by atoms with Crippen molar-refractivity contribution in [1.82, 2.24) is 10.2 Å². The van der Waals surface area contributed by atoms with Gasteiger partial charge in [0.15, 0.2) is 9.84 Å². The molecular formula is C22H29N3O3S. The van der Waals surface area contributed by atoms with Crippen LogP contribution in [0.25, 0.3) is 0 Å². The molecule has 1 aliphatic rings. The van der Waals surface area contributed by atoms with Gasteiger partial charge in [-0.3, -0.25) is 4.90 Å². The molecule has 0 bridgehead atoms. The summed E-state index contributed by atoms with van der Waals surface area (Å²) in [7, 11) is -3.31. The molecule has 0 atom stereocenters. The number of piperidine rings is 1. The van der Waals surface area contributed by atoms with E-state index in [1.54, 1.807) is 25.1 Å². The summed E-state index contributed by atoms with van der Waals surface area (Å²) < 4.78 is 24.0. The number of carbonyl (C=O) groups excluding carboxylic acids is 1. The van der Waals surface area contributed by atoms with Gasteiger partial charge in [0, 0.05) is 18.8 Å². The molecule has 156 valence electrons. The van der Waals surface area contributed by atoms with Crippen molar-refractivity contribution in [3.8, 4) is 0 Å². The van der Waals surface area contributed by atoms with Crippen LogP contribution >= 0.6 is 0 Å². The smallest absolute Gasteiger partial charge is 0.319 e. The van der Waals surface area contributed by atoms with Crippen molar-refractivity contribution in [2.24, 2.45) is 0 Å². The van der Waals surface area contributed by atoms with Crippen molar-refractivity contribution in [3.05, 3.63) is 59.7 Å². The highest BCUT2D eigenvalue weighted by molar-refractivity contribution is 7.91. The van der Waals surface area contributed by atoms with E-state index < -0.39 is 9.84 Å². The molecule has 1 heterocycles. The number of nitrogens with one attached hydrogen (secondary N) is 2. The van der Waals surface area contributed by atoms with E-state index in [-0.39, 0.29) is 16.7 Å². The molecule has 2 N–H and O–H groups in total. The number of carbonyl (C=O) groups is 1. The Hall–Kier alpha value is -2.38. The Morgan fingerprint density at radius 2 is 1.72 bits per heavy atom. The van der Waals surface area contributed by atoms with Crippen LogP contribution in [0.4, 0.5) is 10.5 Å². The van der Waals surface area contributed by atoms with Crippen molar-refractivity contribution in [1.29, 1.82) is 0 Å². The van der Waals surface area contributed by atoms with Crippen molar-refractivity contribution < 1.29 is 13.2 Å². The maximum atomic E-state index is 12.3. The van der Waals surface area contributed by atoms with Gasteiger partial charge >= 0.3 is 6.03 Å². The summed E-state index contributed by atoms with van der Waals surface area (Å²) in [5, 5.41) is 5.60. The second-order valence-electron chi connectivity index (χ2n) is 7.34. The Morgan fingerprint density at radius 3 is 2.45 bits per heavy atom. The summed E-state index contributed by atoms with van der Waals surface area (Å²) in [5.41, 5.74) is 2.78. The minimum absolute atomic E-state index is 0.0243. The Labute approximate surface area is 173 Å². The van der Waals surface area contributed by atoms with E-state index in [0.29, 0.717) is 12.2 Å². The normalized spacial score (nSPS) is 15.1. The number of anilines is 1. The third-order valence-electron chi connectivity index (χ3n) is 5.23. The minimum atomic E-state index is -3.31. The lowest BCUT2D eigenvalue weighted by atomic mass is 10.0. The SMILES string of the molecule is CCS(=O)(=O)c1cccc(NC(=O)NCc2ccccc2CN2CCCCC2)c1. The van der Waals surface area contributed by atoms with Gasteiger partial charge in [-0.1, -0.05) is 43.7 Å². The molecule has 0 aromatic heterocycles. The van der Waals surface area contributed by atoms with Gasteiger partial charge in [-0.25, -0.2) is 13.2 Å². The molecule has 7 heteroatoms. The van der Waals surface area contributed by atoms with E-state index in [1.165, 1.54) is 30.9 Å². The maximum absolute atomic E-state index is 12.3. The van der Waals surface area contributed by atoms with Crippen molar-refractivity contribution >= 4 is 21.6 Å². The van der Waals surface area contributed by atoms with Crippen LogP contribution < -0.4 is 10.6 Å². The Balaban J connectivity index is 1.59. The number of hydrogen-bond donors (Lipinski definition) is 2. The van der Waals surface area contributed by atoms with E-state index in [1.807, 2.05) is 18.2 Å². The van der Waals surface area contributed by atoms with Crippen molar-refractivity contribution in [2.45, 2.75) is 44.2 Å². The molecule has 0 radical (unpaired) electrons. The first-order valence-corrected chi connectivity index (χ1v) is 11.8. The van der Waals surface area contributed by atoms with E-state index in [9.17, 15) is 13.2 Å². The molecular weight excluding hydrogens is 386 g/mol. The average molecular weight is 416 g/mol. The Morgan fingerprint density at radius 1 is 1.00 bits per heavy atom. The van der Waals surface area contributed by atoms with Crippen LogP contribution in [0.15, 0.2) is 53.4 Å². The summed E-state index contributed by atoms with van der Waals surface area (Å²) in [5.74, 6) is 0.0243. The second-order valence-corrected chi connectivity index (χ2v) is 9.62. The van der Waals surface area contributed by atoms with Crippen LogP contribution in [0.2, 0.25) is 0 Å². The molecule has 6 nitrogen and oxygen atoms in total. The quantitative estimate of drug-likeness (QED) is 0.721. The van der Waals surface area contributed by atoms with Crippen LogP contribution in [0.5, 0.6) is 0 Å². The van der Waals surface area contributed by atoms with Gasteiger partial charge in [-0.05, 0) is 55.3 Å². The number of amides is 2. The van der Waals surface area contributed by atoms with Crippen LogP contribution in [0.1, 0.15) is 37.3 Å². The number of benzene rings is 2. The molecule has 0 spiro atoms. The number of sulfone groups is 1. The number of rotatable bonds is 7. The lowest BCUT2D eigenvalue weighted by molar-refractivity contribution is 0.220. The third kappa shape index (κ3) is 6.05. The first-order chi connectivity index (χ1) is 14.0. The zero-order valence-corrected chi connectivity index (χ0v) is 17.7. The largest absolute Gasteiger partial charge is 0.334 e. The summed E-state index contributed by atoms with van der Waals surface area (Å²) in [6.45, 7) is 5.17. The third-order valence-corrected chi connectivity index (χ3v) is 6.96. The van der Waals surface area contributed by atoms with Crippen LogP contribution in [0, 0.1) is 0 Å². The number of urea groups is 1. The van der Waals surface area contributed by atoms with Gasteiger partial charge in [0.25, 0.3) is 0 Å². The van der Waals surface area contributed by atoms with Crippen molar-refractivity contribution in [2.75, 3.05) is 24.2 Å². The summed E-state index contributed by atoms with van der Waals surface area (Å²) in [6.07, 6.45) is 3.80. The number of nitrogens with zero attached hydrogens (tertiary/aromatic N) is 1. The van der Waals surface area contributed by atoms with Gasteiger partial charge in [-0.2, -0.15) is 0 Å². The molecule has 1 saturated heterocycles. The summed E-state index contributed by atoms with van der Waals surface area (Å²) in [4.78, 5) is 15.0. The lowest BCUT2D eigenvalue weighted by Crippen LogP contribution is -2.31. The fraction of sp³-hybridized carbons (Fsp3) is 0.409. The predicted octanol–water partition coefficient (Wildman–Crippen LogP) is 3.79. The zero-order chi connectivity index (χ0) is 20.7. The number of likely N-dealkylation sites (tertiary alicyclic amines) is 1. The highest BCUT2D eigenvalue weighted by atomic mass is 32.2. The molecule has 2 amide bonds. The van der Waals surface area contributed by atoms with Crippen LogP contribution in [-0.4, -0.2) is 38.2 Å². The van der Waals surface area contributed by atoms with Gasteiger partial charge in [-0.15, -0.1) is 0 Å². The molecule has 0 unspecified atom stereocenters. The van der Waals surface area contributed by atoms with Gasteiger partial charge in [0.05, 0.1) is 10.6 Å². The van der Waals surface area contributed by atoms with Gasteiger partial charge in [0.1, 0.15) is 0 Å². The zero-order valence-electron chi connectivity index (χ0n) is 16.9. The molecule has 0 aliphatic carbocycles. The van der Waals surface area contributed by atoms with E-state index in [2.05, 4.69) is 21.6 Å². The Bertz CT molecular complexity index is 938. The topological polar surface area (TPSA) is 78.5 Å². The van der Waals surface area contributed by atoms with Gasteiger partial charge in [0.2, 0.25) is 0 Å². The van der Waals surface area contributed by atoms with E-state index in [4.69, 9.17) is 0 Å². The van der Waals surface area contributed by atoms with E-state index >= 15 is 0 Å². The monoisotopic (exact) mass is 415 g/mol. The highest BCUT2D eigenvalue weighted by Crippen LogP contribution is 2.18. The first kappa shape index (κ1) is 21.3. The summed E-state index contributed by atoms with van der Waals surface area (Å²) in [6, 6.07) is 14.1. The average Bonchev–Trinajstić information content (AvgIpc) is 2.74. The van der Waals surface area contributed by atoms with Crippen LogP contribution in [0.3, 0.4) is 0 Å². The molecule has 2 aromatic rings. The molecule has 1 aliphatic heterocycles. The second kappa shape index (κ2) is 9.89. The summed E-state index contributed by atoms with van der Waals surface area (Å²) >= 11 is 0. The van der Waals surface area contributed by atoms with Crippen LogP contribution in [-0.2, 0) is 22.9 Å². The number of hydrogen-bond acceptors (Lipinski definition) is 4. The maximum Gasteiger partial charge on any atom is 0.319 e. The molecule has 0 saturated carbocycles. The first-order valence-electron chi connectivity index (χ1n) is 10.1. The molecule has 2 aromatic carbocycles. The Kier molecular flexibility index (Phi) is 7.28. The molecule has 29 heavy (non-hydrogen) atoms. The molecule has 1 fully saturated rings. The fourth-order valence-electron chi connectivity index (χ4n) is 3.53. The van der Waals surface area contributed by atoms with E-state index in [0.717, 1.165) is 25.2 Å². The fourth-order valence-corrected chi connectivity index (χ4v) is 4.45. The van der Waals surface area contributed by atoms with Gasteiger partial charge < -0.3 is 10.6 Å². The minimum Gasteiger partial charge on any atom is -0.334 e. The lowest BCUT2D eigenvalue weighted by Gasteiger charge is -2.27. The predicted molar refractivity (Wildman–Crippen MR) is 116 cm³/mol. The standard InChI is InChI=1S/C22H29N3O3S/c1-2-29(27,28)21-12-8-11-20(15-21)24-22(26)23-16-18-9-4-5-10-19(18)17-25-13-6-3-7-14-25/h4-5,8-12,15H,2-3,6-7,13-14,16-17H2,1H3,(H2,23,24,26). The molecule has 3 rings (SSSR count). The van der Waals surface area contributed by atoms with Crippen molar-refractivity contribution in [3.63, 3.8) is 0 Å².